The monoisotopic (exact) mass is 510 g/mol. The minimum atomic E-state index is -0.882. The Morgan fingerprint density at radius 1 is 1.22 bits per heavy atom. The summed E-state index contributed by atoms with van der Waals surface area (Å²) in [5.74, 6) is -1.03. The number of fused-ring (bicyclic) bond motifs is 1. The molecule has 0 aliphatic carbocycles. The molecular weight excluding hydrogens is 472 g/mol. The lowest BCUT2D eigenvalue weighted by atomic mass is 9.83. The van der Waals surface area contributed by atoms with Gasteiger partial charge in [0, 0.05) is 63.4 Å². The zero-order valence-electron chi connectivity index (χ0n) is 21.6. The number of aryl methyl sites for hydroxylation is 1. The first kappa shape index (κ1) is 26.9. The molecule has 3 atom stereocenters. The quantitative estimate of drug-likeness (QED) is 0.448. The van der Waals surface area contributed by atoms with Gasteiger partial charge in [-0.15, -0.1) is 0 Å². The Labute approximate surface area is 217 Å². The van der Waals surface area contributed by atoms with Crippen LogP contribution in [0.3, 0.4) is 0 Å². The Morgan fingerprint density at radius 3 is 2.78 bits per heavy atom. The van der Waals surface area contributed by atoms with Gasteiger partial charge in [-0.3, -0.25) is 19.3 Å². The van der Waals surface area contributed by atoms with Crippen molar-refractivity contribution in [2.75, 3.05) is 39.3 Å². The molecule has 1 saturated heterocycles. The van der Waals surface area contributed by atoms with E-state index in [4.69, 9.17) is 10.5 Å². The molecule has 1 aromatic carbocycles. The normalized spacial score (nSPS) is 21.0. The Hall–Kier alpha value is -3.17. The van der Waals surface area contributed by atoms with Crippen LogP contribution in [0.2, 0.25) is 0 Å². The molecule has 0 saturated carbocycles. The molecule has 0 bridgehead atoms. The number of hydrogen-bond donors (Lipinski definition) is 2. The molecule has 0 spiro atoms. The fourth-order valence-corrected chi connectivity index (χ4v) is 5.68. The van der Waals surface area contributed by atoms with E-state index in [0.717, 1.165) is 36.1 Å². The van der Waals surface area contributed by atoms with Gasteiger partial charge in [-0.05, 0) is 36.1 Å². The number of hydrogen-bond acceptors (Lipinski definition) is 6. The van der Waals surface area contributed by atoms with Crippen LogP contribution < -0.4 is 16.0 Å². The molecule has 4 rings (SSSR count). The van der Waals surface area contributed by atoms with Gasteiger partial charge < -0.3 is 25.0 Å². The van der Waals surface area contributed by atoms with Gasteiger partial charge in [-0.1, -0.05) is 31.5 Å². The molecule has 3 N–H and O–H groups in total. The highest BCUT2D eigenvalue weighted by molar-refractivity contribution is 5.79. The van der Waals surface area contributed by atoms with Crippen LogP contribution in [0.1, 0.15) is 43.2 Å². The Bertz CT molecular complexity index is 1150. The van der Waals surface area contributed by atoms with Crippen molar-refractivity contribution < 1.29 is 19.4 Å². The van der Waals surface area contributed by atoms with Crippen molar-refractivity contribution in [2.24, 2.45) is 11.7 Å². The summed E-state index contributed by atoms with van der Waals surface area (Å²) in [6, 6.07) is 10.5. The molecule has 1 aromatic heterocycles. The van der Waals surface area contributed by atoms with E-state index in [0.29, 0.717) is 45.8 Å². The number of nitrogens with two attached hydrogens (primary N) is 1. The second kappa shape index (κ2) is 12.4. The number of carboxylic acid groups (broad SMARTS) is 1. The number of nitrogens with zero attached hydrogens (tertiary/aromatic N) is 3. The molecular formula is C28H38N4O5. The Kier molecular flexibility index (Phi) is 9.00. The van der Waals surface area contributed by atoms with Gasteiger partial charge in [0.25, 0.3) is 0 Å². The number of pyridine rings is 1. The number of aliphatic carboxylic acids is 1. The summed E-state index contributed by atoms with van der Waals surface area (Å²) in [5, 5.41) is 10.4. The van der Waals surface area contributed by atoms with E-state index in [1.807, 2.05) is 17.0 Å². The Morgan fingerprint density at radius 2 is 2.05 bits per heavy atom. The number of rotatable bonds is 12. The minimum Gasteiger partial charge on any atom is -0.493 e. The van der Waals surface area contributed by atoms with Gasteiger partial charge in [0.2, 0.25) is 11.5 Å². The highest BCUT2D eigenvalue weighted by atomic mass is 16.5. The van der Waals surface area contributed by atoms with E-state index in [1.165, 1.54) is 6.07 Å². The summed E-state index contributed by atoms with van der Waals surface area (Å²) in [5.41, 5.74) is 7.70. The van der Waals surface area contributed by atoms with Gasteiger partial charge in [0.15, 0.2) is 0 Å². The number of carboxylic acids is 1. The fraction of sp³-hybridized carbons (Fsp3) is 0.536. The average molecular weight is 511 g/mol. The standard InChI is InChI=1S/C28H38N4O5/c1-2-3-12-31(15-11-29)26(34)19-32-18-22(20-7-8-24-21(17-20)10-16-37-24)27(28(35)36)23(32)9-14-30-13-5-4-6-25(30)33/h4-8,13,17,22-23,27H,2-3,9-12,14-16,18-19,29H2,1H3,(H,35,36)/t22-,23+,27?/m1/s1. The predicted octanol–water partition coefficient (Wildman–Crippen LogP) is 1.93. The number of likely N-dealkylation sites (tertiary alicyclic amines) is 1. The molecule has 3 heterocycles. The maximum absolute atomic E-state index is 13.4. The zero-order valence-corrected chi connectivity index (χ0v) is 21.6. The van der Waals surface area contributed by atoms with E-state index >= 15 is 0 Å². The Balaban J connectivity index is 1.61. The van der Waals surface area contributed by atoms with Crippen molar-refractivity contribution in [2.45, 2.75) is 51.1 Å². The third-order valence-electron chi connectivity index (χ3n) is 7.61. The predicted molar refractivity (Wildman–Crippen MR) is 141 cm³/mol. The van der Waals surface area contributed by atoms with E-state index in [2.05, 4.69) is 13.0 Å². The van der Waals surface area contributed by atoms with Crippen LogP contribution in [-0.4, -0.2) is 76.7 Å². The lowest BCUT2D eigenvalue weighted by Gasteiger charge is -2.29. The number of carbonyl (C=O) groups excluding carboxylic acids is 1. The summed E-state index contributed by atoms with van der Waals surface area (Å²) in [7, 11) is 0. The second-order valence-corrected chi connectivity index (χ2v) is 9.98. The van der Waals surface area contributed by atoms with Gasteiger partial charge in [-0.2, -0.15) is 0 Å². The van der Waals surface area contributed by atoms with Crippen LogP contribution in [0.5, 0.6) is 5.75 Å². The maximum Gasteiger partial charge on any atom is 0.308 e. The van der Waals surface area contributed by atoms with Crippen LogP contribution in [0.15, 0.2) is 47.4 Å². The fourth-order valence-electron chi connectivity index (χ4n) is 5.68. The van der Waals surface area contributed by atoms with Crippen molar-refractivity contribution in [3.8, 4) is 5.75 Å². The minimum absolute atomic E-state index is 0.0343. The van der Waals surface area contributed by atoms with Crippen LogP contribution in [0.4, 0.5) is 0 Å². The zero-order chi connectivity index (χ0) is 26.4. The van der Waals surface area contributed by atoms with E-state index in [1.54, 1.807) is 27.8 Å². The summed E-state index contributed by atoms with van der Waals surface area (Å²) >= 11 is 0. The van der Waals surface area contributed by atoms with Crippen LogP contribution in [-0.2, 0) is 22.6 Å². The average Bonchev–Trinajstić information content (AvgIpc) is 3.50. The molecule has 1 fully saturated rings. The smallest absolute Gasteiger partial charge is 0.308 e. The second-order valence-electron chi connectivity index (χ2n) is 9.98. The summed E-state index contributed by atoms with van der Waals surface area (Å²) < 4.78 is 7.24. The largest absolute Gasteiger partial charge is 0.493 e. The lowest BCUT2D eigenvalue weighted by molar-refractivity contribution is -0.144. The topological polar surface area (TPSA) is 118 Å². The molecule has 200 valence electrons. The van der Waals surface area contributed by atoms with Gasteiger partial charge in [0.1, 0.15) is 5.75 Å². The SMILES string of the molecule is CCCCN(CCN)C(=O)CN1C[C@H](c2ccc3c(c2)CCO3)C(C(=O)O)[C@@H]1CCn1ccccc1=O. The molecule has 1 amide bonds. The molecule has 2 aliphatic rings. The first-order chi connectivity index (χ1) is 17.9. The summed E-state index contributed by atoms with van der Waals surface area (Å²) in [6.45, 7) is 5.19. The van der Waals surface area contributed by atoms with E-state index in [9.17, 15) is 19.5 Å². The third-order valence-corrected chi connectivity index (χ3v) is 7.61. The van der Waals surface area contributed by atoms with Gasteiger partial charge in [-0.25, -0.2) is 0 Å². The van der Waals surface area contributed by atoms with Gasteiger partial charge >= 0.3 is 5.97 Å². The number of ether oxygens (including phenoxy) is 1. The number of aromatic nitrogens is 1. The van der Waals surface area contributed by atoms with E-state index in [-0.39, 0.29) is 23.9 Å². The van der Waals surface area contributed by atoms with Crippen molar-refractivity contribution in [1.82, 2.24) is 14.4 Å². The molecule has 2 aliphatic heterocycles. The number of unbranched alkanes of at least 4 members (excludes halogenated alkanes) is 1. The van der Waals surface area contributed by atoms with Crippen LogP contribution in [0, 0.1) is 5.92 Å². The number of amides is 1. The van der Waals surface area contributed by atoms with Crippen molar-refractivity contribution in [3.05, 3.63) is 64.1 Å². The first-order valence-electron chi connectivity index (χ1n) is 13.3. The highest BCUT2D eigenvalue weighted by Gasteiger charge is 2.47. The highest BCUT2D eigenvalue weighted by Crippen LogP contribution is 2.41. The third kappa shape index (κ3) is 6.22. The number of carbonyl (C=O) groups is 2. The van der Waals surface area contributed by atoms with Crippen LogP contribution in [0.25, 0.3) is 0 Å². The lowest BCUT2D eigenvalue weighted by Crippen LogP contribution is -2.46. The molecule has 1 unspecified atom stereocenters. The molecule has 37 heavy (non-hydrogen) atoms. The summed E-state index contributed by atoms with van der Waals surface area (Å²) in [6.07, 6.45) is 4.84. The summed E-state index contributed by atoms with van der Waals surface area (Å²) in [4.78, 5) is 42.1. The molecule has 0 radical (unpaired) electrons. The van der Waals surface area contributed by atoms with Crippen molar-refractivity contribution >= 4 is 11.9 Å². The van der Waals surface area contributed by atoms with Crippen molar-refractivity contribution in [1.29, 1.82) is 0 Å². The number of benzene rings is 1. The molecule has 9 heteroatoms. The first-order valence-corrected chi connectivity index (χ1v) is 13.3. The van der Waals surface area contributed by atoms with Gasteiger partial charge in [0.05, 0.1) is 19.1 Å². The molecule has 9 nitrogen and oxygen atoms in total. The van der Waals surface area contributed by atoms with Crippen LogP contribution >= 0.6 is 0 Å². The van der Waals surface area contributed by atoms with E-state index < -0.39 is 17.9 Å². The molecule has 2 aromatic rings. The maximum atomic E-state index is 13.4. The van der Waals surface area contributed by atoms with Crippen molar-refractivity contribution in [3.63, 3.8) is 0 Å².